The van der Waals surface area contributed by atoms with Crippen molar-refractivity contribution in [1.82, 2.24) is 0 Å². The van der Waals surface area contributed by atoms with Crippen molar-refractivity contribution in [3.05, 3.63) is 95.6 Å². The zero-order chi connectivity index (χ0) is 14.2. The van der Waals surface area contributed by atoms with E-state index in [9.17, 15) is 0 Å². The average Bonchev–Trinajstić information content (AvgIpc) is 2.96. The molecule has 1 aliphatic rings. The summed E-state index contributed by atoms with van der Waals surface area (Å²) >= 11 is 0. The Morgan fingerprint density at radius 1 is 1.00 bits per heavy atom. The Morgan fingerprint density at radius 3 is 2.09 bits per heavy atom. The molecule has 0 spiro atoms. The van der Waals surface area contributed by atoms with Crippen LogP contribution in [0, 0.1) is 6.07 Å². The molecule has 0 saturated carbocycles. The summed E-state index contributed by atoms with van der Waals surface area (Å²) in [6.07, 6.45) is 6.62. The number of halogens is 2. The van der Waals surface area contributed by atoms with Crippen LogP contribution in [0.5, 0.6) is 0 Å². The maximum atomic E-state index is 8.54. The van der Waals surface area contributed by atoms with E-state index in [1.807, 2.05) is 42.5 Å². The molecule has 0 saturated heterocycles. The monoisotopic (exact) mass is 381 g/mol. The maximum absolute atomic E-state index is 8.54. The van der Waals surface area contributed by atoms with Crippen LogP contribution in [-0.4, -0.2) is 5.11 Å². The predicted molar refractivity (Wildman–Crippen MR) is 83.3 cm³/mol. The fourth-order valence-corrected chi connectivity index (χ4v) is 2.04. The summed E-state index contributed by atoms with van der Waals surface area (Å²) in [6, 6.07) is 20.9. The van der Waals surface area contributed by atoms with E-state index in [0.717, 1.165) is 5.56 Å². The molecule has 1 atom stereocenters. The number of allylic oxidation sites excluding steroid dienone is 4. The van der Waals surface area contributed by atoms with Crippen LogP contribution in [-0.2, 0) is 28.3 Å². The van der Waals surface area contributed by atoms with Crippen molar-refractivity contribution in [1.29, 1.82) is 0 Å². The second-order valence-electron chi connectivity index (χ2n) is 4.76. The van der Waals surface area contributed by atoms with Gasteiger partial charge in [0, 0.05) is 0 Å². The standard InChI is InChI=1S/C12H11.C7H8O.2ClH.Ti/c1-10-7-8-12(9-10)11-5-3-2-4-6-11;8-6-7-4-2-1-3-5-7;;;/h2-5,7-9,12H,1H3;1-5,8H,6H2;2*1H;/q-1;;;;+3/p-2. The second-order valence-corrected chi connectivity index (χ2v) is 4.76. The van der Waals surface area contributed by atoms with E-state index in [-0.39, 0.29) is 53.1 Å². The van der Waals surface area contributed by atoms with Gasteiger partial charge in [-0.25, -0.2) is 0 Å². The van der Waals surface area contributed by atoms with Crippen LogP contribution < -0.4 is 24.8 Å². The van der Waals surface area contributed by atoms with Crippen molar-refractivity contribution >= 4 is 0 Å². The molecular formula is C19H19Cl2OTi. The fourth-order valence-electron chi connectivity index (χ4n) is 2.04. The molecule has 1 aliphatic carbocycles. The van der Waals surface area contributed by atoms with Gasteiger partial charge < -0.3 is 29.9 Å². The number of aliphatic hydroxyl groups is 1. The molecule has 1 unspecified atom stereocenters. The third-order valence-corrected chi connectivity index (χ3v) is 3.13. The third kappa shape index (κ3) is 8.55. The fraction of sp³-hybridized carbons (Fsp3) is 0.158. The molecule has 0 heterocycles. The summed E-state index contributed by atoms with van der Waals surface area (Å²) in [4.78, 5) is 0. The normalized spacial score (nSPS) is 14.2. The molecule has 1 nitrogen and oxygen atoms in total. The number of aliphatic hydroxyl groups excluding tert-OH is 1. The summed E-state index contributed by atoms with van der Waals surface area (Å²) in [5.41, 5.74) is 3.57. The van der Waals surface area contributed by atoms with Crippen LogP contribution in [0.3, 0.4) is 0 Å². The molecule has 0 bridgehead atoms. The average molecular weight is 382 g/mol. The molecule has 0 fully saturated rings. The van der Waals surface area contributed by atoms with Gasteiger partial charge in [0.2, 0.25) is 0 Å². The zero-order valence-corrected chi connectivity index (χ0v) is 16.0. The molecule has 0 aliphatic heterocycles. The molecule has 0 amide bonds. The van der Waals surface area contributed by atoms with Crippen molar-refractivity contribution in [2.75, 3.05) is 0 Å². The van der Waals surface area contributed by atoms with E-state index in [1.54, 1.807) is 0 Å². The first-order chi connectivity index (χ1) is 9.79. The van der Waals surface area contributed by atoms with Crippen molar-refractivity contribution < 1.29 is 51.6 Å². The van der Waals surface area contributed by atoms with E-state index in [1.165, 1.54) is 11.1 Å². The first-order valence-corrected chi connectivity index (χ1v) is 6.77. The molecule has 1 N–H and O–H groups in total. The minimum absolute atomic E-state index is 0. The summed E-state index contributed by atoms with van der Waals surface area (Å²) in [6.45, 7) is 2.26. The third-order valence-electron chi connectivity index (χ3n) is 3.13. The topological polar surface area (TPSA) is 20.2 Å². The largest absolute Gasteiger partial charge is 3.00 e. The van der Waals surface area contributed by atoms with Gasteiger partial charge in [-0.05, 0) is 18.4 Å². The molecular weight excluding hydrogens is 363 g/mol. The van der Waals surface area contributed by atoms with Gasteiger partial charge in [0.15, 0.2) is 0 Å². The molecule has 4 heteroatoms. The van der Waals surface area contributed by atoms with Crippen molar-refractivity contribution in [2.45, 2.75) is 19.4 Å². The van der Waals surface area contributed by atoms with Crippen LogP contribution in [0.1, 0.15) is 24.0 Å². The summed E-state index contributed by atoms with van der Waals surface area (Å²) in [5.74, 6) is 0.450. The quantitative estimate of drug-likeness (QED) is 0.484. The smallest absolute Gasteiger partial charge is 1.00 e. The van der Waals surface area contributed by atoms with Crippen molar-refractivity contribution in [2.24, 2.45) is 0 Å². The maximum Gasteiger partial charge on any atom is 3.00 e. The van der Waals surface area contributed by atoms with Crippen LogP contribution in [0.4, 0.5) is 0 Å². The van der Waals surface area contributed by atoms with Crippen molar-refractivity contribution in [3.63, 3.8) is 0 Å². The van der Waals surface area contributed by atoms with Gasteiger partial charge in [-0.2, -0.15) is 35.9 Å². The minimum atomic E-state index is 0. The van der Waals surface area contributed by atoms with E-state index in [0.29, 0.717) is 5.92 Å². The molecule has 2 aromatic carbocycles. The van der Waals surface area contributed by atoms with Crippen LogP contribution in [0.2, 0.25) is 0 Å². The minimum Gasteiger partial charge on any atom is -1.00 e. The Hall–Kier alpha value is -0.826. The van der Waals surface area contributed by atoms with Gasteiger partial charge >= 0.3 is 21.7 Å². The second kappa shape index (κ2) is 13.6. The van der Waals surface area contributed by atoms with Crippen LogP contribution in [0.25, 0.3) is 0 Å². The Morgan fingerprint density at radius 2 is 1.65 bits per heavy atom. The molecule has 23 heavy (non-hydrogen) atoms. The van der Waals surface area contributed by atoms with Crippen LogP contribution >= 0.6 is 0 Å². The van der Waals surface area contributed by atoms with E-state index in [2.05, 4.69) is 43.4 Å². The van der Waals surface area contributed by atoms with Gasteiger partial charge in [-0.15, -0.1) is 0 Å². The van der Waals surface area contributed by atoms with Crippen molar-refractivity contribution in [3.8, 4) is 0 Å². The summed E-state index contributed by atoms with van der Waals surface area (Å²) in [5, 5.41) is 8.54. The molecule has 2 aromatic rings. The van der Waals surface area contributed by atoms with Gasteiger partial charge in [0.25, 0.3) is 0 Å². The molecule has 3 rings (SSSR count). The first kappa shape index (κ1) is 24.4. The van der Waals surface area contributed by atoms with E-state index >= 15 is 0 Å². The van der Waals surface area contributed by atoms with Gasteiger partial charge in [-0.3, -0.25) is 0 Å². The Labute approximate surface area is 166 Å². The van der Waals surface area contributed by atoms with Crippen LogP contribution in [0.15, 0.2) is 78.4 Å². The SMILES string of the molecule is CC1=CC(c2[c-]cccc2)C=C1.OCc1ccccc1.[Cl-].[Cl-].[Ti+3]. The van der Waals surface area contributed by atoms with Gasteiger partial charge in [0.05, 0.1) is 6.61 Å². The molecule has 1 radical (unpaired) electrons. The molecule has 119 valence electrons. The first-order valence-electron chi connectivity index (χ1n) is 6.77. The number of hydrogen-bond donors (Lipinski definition) is 1. The number of rotatable bonds is 2. The Balaban J connectivity index is 0. The Bertz CT molecular complexity index is 583. The number of hydrogen-bond acceptors (Lipinski definition) is 1. The van der Waals surface area contributed by atoms with E-state index in [4.69, 9.17) is 5.11 Å². The summed E-state index contributed by atoms with van der Waals surface area (Å²) < 4.78 is 0. The molecule has 0 aromatic heterocycles. The predicted octanol–water partition coefficient (Wildman–Crippen LogP) is -1.73. The van der Waals surface area contributed by atoms with E-state index < -0.39 is 0 Å². The number of benzene rings is 2. The summed E-state index contributed by atoms with van der Waals surface area (Å²) in [7, 11) is 0. The van der Waals surface area contributed by atoms with Gasteiger partial charge in [-0.1, -0.05) is 54.1 Å². The Kier molecular flexibility index (Phi) is 14.4. The zero-order valence-electron chi connectivity index (χ0n) is 12.9. The van der Waals surface area contributed by atoms with Gasteiger partial charge in [0.1, 0.15) is 0 Å².